The van der Waals surface area contributed by atoms with E-state index >= 15 is 0 Å². The summed E-state index contributed by atoms with van der Waals surface area (Å²) in [6.07, 6.45) is 2.47. The van der Waals surface area contributed by atoms with Crippen molar-refractivity contribution in [3.63, 3.8) is 0 Å². The van der Waals surface area contributed by atoms with Gasteiger partial charge in [0, 0.05) is 41.6 Å². The second-order valence-corrected chi connectivity index (χ2v) is 7.81. The highest BCUT2D eigenvalue weighted by atomic mass is 35.5. The van der Waals surface area contributed by atoms with Crippen LogP contribution in [0.1, 0.15) is 46.3 Å². The third kappa shape index (κ3) is 5.45. The molecule has 2 aromatic carbocycles. The fourth-order valence-corrected chi connectivity index (χ4v) is 3.94. The van der Waals surface area contributed by atoms with Gasteiger partial charge in [-0.1, -0.05) is 35.6 Å². The van der Waals surface area contributed by atoms with Crippen molar-refractivity contribution in [1.29, 1.82) is 0 Å². The fourth-order valence-electron chi connectivity index (χ4n) is 3.71. The first-order chi connectivity index (χ1) is 13.6. The minimum Gasteiger partial charge on any atom is -0.395 e. The van der Waals surface area contributed by atoms with Gasteiger partial charge in [0.1, 0.15) is 0 Å². The summed E-state index contributed by atoms with van der Waals surface area (Å²) in [5.74, 6) is 6.26. The molecule has 0 aliphatic carbocycles. The van der Waals surface area contributed by atoms with Gasteiger partial charge in [0.15, 0.2) is 5.78 Å². The number of halogens is 1. The molecule has 146 valence electrons. The third-order valence-electron chi connectivity index (χ3n) is 5.16. The topological polar surface area (TPSA) is 40.5 Å². The van der Waals surface area contributed by atoms with Gasteiger partial charge in [-0.05, 0) is 67.8 Å². The normalized spacial score (nSPS) is 17.0. The van der Waals surface area contributed by atoms with Crippen molar-refractivity contribution in [2.45, 2.75) is 32.7 Å². The number of piperidine rings is 1. The van der Waals surface area contributed by atoms with E-state index in [9.17, 15) is 4.79 Å². The zero-order chi connectivity index (χ0) is 19.9. The van der Waals surface area contributed by atoms with E-state index in [1.165, 1.54) is 5.56 Å². The van der Waals surface area contributed by atoms with Gasteiger partial charge in [-0.2, -0.15) is 0 Å². The van der Waals surface area contributed by atoms with E-state index in [4.69, 9.17) is 16.7 Å². The molecule has 1 atom stereocenters. The molecule has 1 heterocycles. The summed E-state index contributed by atoms with van der Waals surface area (Å²) < 4.78 is 0. The second kappa shape index (κ2) is 9.89. The number of rotatable bonds is 5. The van der Waals surface area contributed by atoms with E-state index in [1.54, 1.807) is 6.07 Å². The van der Waals surface area contributed by atoms with Crippen LogP contribution in [0.5, 0.6) is 0 Å². The van der Waals surface area contributed by atoms with Crippen molar-refractivity contribution in [3.8, 4) is 11.8 Å². The van der Waals surface area contributed by atoms with Crippen molar-refractivity contribution in [1.82, 2.24) is 4.90 Å². The van der Waals surface area contributed by atoms with Crippen molar-refractivity contribution < 1.29 is 9.90 Å². The smallest absolute Gasteiger partial charge is 0.167 e. The first kappa shape index (κ1) is 20.6. The number of hydrogen-bond donors (Lipinski definition) is 1. The molecule has 1 unspecified atom stereocenters. The first-order valence-electron chi connectivity index (χ1n) is 9.78. The molecular weight excluding hydrogens is 370 g/mol. The maximum atomic E-state index is 13.0. The number of aliphatic hydroxyl groups excluding tert-OH is 1. The standard InChI is InChI=1S/C24H26ClNO2/c1-18-15-22(25)11-12-23(18)24(28)21-6-4-13-26(17-21)16-20-9-7-19(8-10-20)5-2-3-14-27/h7-12,15,21,27H,3-4,6,13-14,16-17H2,1H3. The molecule has 4 heteroatoms. The number of Topliss-reactive ketones (excluding diaryl/α,β-unsaturated/α-hetero) is 1. The lowest BCUT2D eigenvalue weighted by Gasteiger charge is -2.32. The molecule has 1 aliphatic rings. The molecule has 1 fully saturated rings. The molecule has 0 amide bonds. The van der Waals surface area contributed by atoms with Gasteiger partial charge in [0.2, 0.25) is 0 Å². The van der Waals surface area contributed by atoms with E-state index in [2.05, 4.69) is 28.9 Å². The lowest BCUT2D eigenvalue weighted by atomic mass is 9.88. The van der Waals surface area contributed by atoms with Gasteiger partial charge in [0.05, 0.1) is 6.61 Å². The molecule has 1 saturated heterocycles. The Hall–Kier alpha value is -2.12. The van der Waals surface area contributed by atoms with Crippen LogP contribution in [0.4, 0.5) is 0 Å². The summed E-state index contributed by atoms with van der Waals surface area (Å²) in [6.45, 7) is 4.69. The Morgan fingerprint density at radius 3 is 2.75 bits per heavy atom. The first-order valence-corrected chi connectivity index (χ1v) is 10.2. The molecule has 0 spiro atoms. The molecule has 1 N–H and O–H groups in total. The summed E-state index contributed by atoms with van der Waals surface area (Å²) in [5.41, 5.74) is 3.93. The SMILES string of the molecule is Cc1cc(Cl)ccc1C(=O)C1CCCN(Cc2ccc(C#CCCO)cc2)C1. The number of aliphatic hydroxyl groups is 1. The lowest BCUT2D eigenvalue weighted by molar-refractivity contribution is 0.0811. The summed E-state index contributed by atoms with van der Waals surface area (Å²) in [5, 5.41) is 9.46. The maximum absolute atomic E-state index is 13.0. The molecule has 1 aliphatic heterocycles. The van der Waals surface area contributed by atoms with Crippen LogP contribution in [0, 0.1) is 24.7 Å². The van der Waals surface area contributed by atoms with Gasteiger partial charge in [-0.15, -0.1) is 0 Å². The van der Waals surface area contributed by atoms with E-state index in [0.717, 1.165) is 49.2 Å². The molecular formula is C24H26ClNO2. The minimum atomic E-state index is 0.0391. The predicted octanol–water partition coefficient (Wildman–Crippen LogP) is 4.48. The Bertz CT molecular complexity index is 880. The van der Waals surface area contributed by atoms with Crippen LogP contribution in [-0.2, 0) is 6.54 Å². The van der Waals surface area contributed by atoms with Gasteiger partial charge in [-0.3, -0.25) is 9.69 Å². The molecule has 0 bridgehead atoms. The Morgan fingerprint density at radius 2 is 2.04 bits per heavy atom. The number of carbonyl (C=O) groups excluding carboxylic acids is 1. The summed E-state index contributed by atoms with van der Waals surface area (Å²) >= 11 is 6.03. The maximum Gasteiger partial charge on any atom is 0.167 e. The van der Waals surface area contributed by atoms with Crippen LogP contribution in [0.2, 0.25) is 5.02 Å². The zero-order valence-electron chi connectivity index (χ0n) is 16.2. The van der Waals surface area contributed by atoms with Crippen LogP contribution < -0.4 is 0 Å². The zero-order valence-corrected chi connectivity index (χ0v) is 17.0. The van der Waals surface area contributed by atoms with E-state index in [1.807, 2.05) is 31.2 Å². The van der Waals surface area contributed by atoms with Crippen LogP contribution >= 0.6 is 11.6 Å². The van der Waals surface area contributed by atoms with Crippen molar-refractivity contribution in [3.05, 3.63) is 69.7 Å². The van der Waals surface area contributed by atoms with E-state index in [-0.39, 0.29) is 18.3 Å². The van der Waals surface area contributed by atoms with Crippen LogP contribution in [-0.4, -0.2) is 35.5 Å². The van der Waals surface area contributed by atoms with Gasteiger partial charge in [0.25, 0.3) is 0 Å². The highest BCUT2D eigenvalue weighted by molar-refractivity contribution is 6.30. The third-order valence-corrected chi connectivity index (χ3v) is 5.39. The van der Waals surface area contributed by atoms with Gasteiger partial charge < -0.3 is 5.11 Å². The molecule has 0 radical (unpaired) electrons. The number of carbonyl (C=O) groups is 1. The average molecular weight is 396 g/mol. The summed E-state index contributed by atoms with van der Waals surface area (Å²) in [7, 11) is 0. The van der Waals surface area contributed by atoms with Gasteiger partial charge >= 0.3 is 0 Å². The number of nitrogens with zero attached hydrogens (tertiary/aromatic N) is 1. The van der Waals surface area contributed by atoms with Crippen molar-refractivity contribution in [2.75, 3.05) is 19.7 Å². The number of likely N-dealkylation sites (tertiary alicyclic amines) is 1. The van der Waals surface area contributed by atoms with E-state index in [0.29, 0.717) is 11.4 Å². The number of hydrogen-bond acceptors (Lipinski definition) is 3. The average Bonchev–Trinajstić information content (AvgIpc) is 2.69. The van der Waals surface area contributed by atoms with E-state index < -0.39 is 0 Å². The number of benzene rings is 2. The molecule has 28 heavy (non-hydrogen) atoms. The Morgan fingerprint density at radius 1 is 1.25 bits per heavy atom. The Kier molecular flexibility index (Phi) is 7.28. The number of aryl methyl sites for hydroxylation is 1. The molecule has 0 aromatic heterocycles. The fraction of sp³-hybridized carbons (Fsp3) is 0.375. The largest absolute Gasteiger partial charge is 0.395 e. The Balaban J connectivity index is 1.62. The molecule has 2 aromatic rings. The van der Waals surface area contributed by atoms with Crippen LogP contribution in [0.25, 0.3) is 0 Å². The van der Waals surface area contributed by atoms with Gasteiger partial charge in [-0.25, -0.2) is 0 Å². The molecule has 3 nitrogen and oxygen atoms in total. The van der Waals surface area contributed by atoms with Crippen LogP contribution in [0.3, 0.4) is 0 Å². The lowest BCUT2D eigenvalue weighted by Crippen LogP contribution is -2.38. The molecule has 3 rings (SSSR count). The molecule has 0 saturated carbocycles. The quantitative estimate of drug-likeness (QED) is 0.599. The van der Waals surface area contributed by atoms with Crippen molar-refractivity contribution in [2.24, 2.45) is 5.92 Å². The van der Waals surface area contributed by atoms with Crippen molar-refractivity contribution >= 4 is 17.4 Å². The highest BCUT2D eigenvalue weighted by Crippen LogP contribution is 2.25. The monoisotopic (exact) mass is 395 g/mol. The summed E-state index contributed by atoms with van der Waals surface area (Å²) in [6, 6.07) is 13.7. The predicted molar refractivity (Wildman–Crippen MR) is 114 cm³/mol. The minimum absolute atomic E-state index is 0.0391. The number of ketones is 1. The second-order valence-electron chi connectivity index (χ2n) is 7.37. The summed E-state index contributed by atoms with van der Waals surface area (Å²) in [4.78, 5) is 15.4. The highest BCUT2D eigenvalue weighted by Gasteiger charge is 2.27. The Labute approximate surface area is 172 Å². The van der Waals surface area contributed by atoms with Crippen LogP contribution in [0.15, 0.2) is 42.5 Å².